The van der Waals surface area contributed by atoms with Crippen molar-refractivity contribution in [1.29, 1.82) is 0 Å². The minimum Gasteiger partial charge on any atom is -0.490 e. The average Bonchev–Trinajstić information content (AvgIpc) is 3.34. The number of halogens is 1. The van der Waals surface area contributed by atoms with E-state index in [1.54, 1.807) is 6.08 Å². The molecule has 0 spiro atoms. The second kappa shape index (κ2) is 6.56. The fourth-order valence-electron chi connectivity index (χ4n) is 2.90. The number of likely N-dealkylation sites (tertiary alicyclic amines) is 1. The molecule has 0 aromatic heterocycles. The molecule has 0 unspecified atom stereocenters. The number of piperidine rings is 1. The average molecular weight is 292 g/mol. The van der Waals surface area contributed by atoms with E-state index in [1.165, 1.54) is 0 Å². The molecule has 3 rings (SSSR count). The van der Waals surface area contributed by atoms with E-state index in [0.717, 1.165) is 50.9 Å². The number of hydrogen-bond donors (Lipinski definition) is 0. The smallest absolute Gasteiger partial charge is 0.162 e. The fraction of sp³-hybridized carbons (Fsp3) is 0.529. The Bertz CT molecular complexity index is 505. The highest BCUT2D eigenvalue weighted by atomic mass is 19.1. The number of ether oxygens (including phenoxy) is 1. The Labute approximate surface area is 126 Å². The van der Waals surface area contributed by atoms with Crippen LogP contribution in [0, 0.1) is 12.3 Å². The van der Waals surface area contributed by atoms with Gasteiger partial charge in [0.1, 0.15) is 6.61 Å². The molecule has 21 heavy (non-hydrogen) atoms. The molecule has 0 amide bonds. The van der Waals surface area contributed by atoms with E-state index in [4.69, 9.17) is 4.74 Å². The first-order chi connectivity index (χ1) is 10.2. The maximum absolute atomic E-state index is 13.4. The van der Waals surface area contributed by atoms with Gasteiger partial charge in [-0.05, 0) is 56.5 Å². The van der Waals surface area contributed by atoms with E-state index < -0.39 is 0 Å². The van der Waals surface area contributed by atoms with Crippen LogP contribution in [-0.2, 0) is 9.53 Å². The van der Waals surface area contributed by atoms with Crippen LogP contribution in [-0.4, -0.2) is 36.9 Å². The molecular formula is C17H23FNO2. The number of rotatable bonds is 6. The van der Waals surface area contributed by atoms with E-state index in [1.807, 2.05) is 18.6 Å². The summed E-state index contributed by atoms with van der Waals surface area (Å²) in [5.74, 6) is 0.654. The monoisotopic (exact) mass is 292 g/mol. The van der Waals surface area contributed by atoms with Crippen molar-refractivity contribution in [3.63, 3.8) is 0 Å². The van der Waals surface area contributed by atoms with E-state index in [2.05, 4.69) is 4.90 Å². The Kier molecular flexibility index (Phi) is 4.54. The third-order valence-corrected chi connectivity index (χ3v) is 4.30. The maximum atomic E-state index is 13.4. The second-order valence-corrected chi connectivity index (χ2v) is 5.82. The van der Waals surface area contributed by atoms with Crippen molar-refractivity contribution in [2.45, 2.75) is 25.7 Å². The number of allylic oxidation sites excluding steroid dienone is 5. The van der Waals surface area contributed by atoms with Crippen LogP contribution in [0.15, 0.2) is 35.4 Å². The zero-order valence-corrected chi connectivity index (χ0v) is 12.2. The van der Waals surface area contributed by atoms with Gasteiger partial charge < -0.3 is 4.74 Å². The third-order valence-electron chi connectivity index (χ3n) is 4.30. The van der Waals surface area contributed by atoms with Crippen LogP contribution in [0.2, 0.25) is 0 Å². The molecule has 1 fully saturated rings. The van der Waals surface area contributed by atoms with E-state index in [0.29, 0.717) is 18.1 Å². The molecule has 0 aromatic carbocycles. The lowest BCUT2D eigenvalue weighted by atomic mass is 9.91. The van der Waals surface area contributed by atoms with Gasteiger partial charge >= 0.3 is 0 Å². The molecule has 115 valence electrons. The van der Waals surface area contributed by atoms with Crippen LogP contribution in [0.1, 0.15) is 27.1 Å². The molecule has 1 saturated heterocycles. The Hall–Kier alpha value is -1.42. The van der Waals surface area contributed by atoms with Gasteiger partial charge in [0.25, 0.3) is 0 Å². The van der Waals surface area contributed by atoms with Crippen LogP contribution in [0.3, 0.4) is 0 Å². The first kappa shape index (κ1) is 14.5. The molecule has 4 heteroatoms. The quantitative estimate of drug-likeness (QED) is 0.753. The number of carbonyl (C=O) groups excluding carboxylic acids is 1. The lowest BCUT2D eigenvalue weighted by Gasteiger charge is -2.30. The summed E-state index contributed by atoms with van der Waals surface area (Å²) in [5.41, 5.74) is 0.906. The fourth-order valence-corrected chi connectivity index (χ4v) is 2.90. The van der Waals surface area contributed by atoms with Crippen LogP contribution >= 0.6 is 0 Å². The minimum absolute atomic E-state index is 0. The predicted molar refractivity (Wildman–Crippen MR) is 81.1 cm³/mol. The van der Waals surface area contributed by atoms with Crippen molar-refractivity contribution in [1.82, 2.24) is 4.90 Å². The van der Waals surface area contributed by atoms with Gasteiger partial charge in [0.2, 0.25) is 0 Å². The van der Waals surface area contributed by atoms with Crippen molar-refractivity contribution in [2.75, 3.05) is 26.2 Å². The Balaban J connectivity index is 0.00000176. The van der Waals surface area contributed by atoms with Gasteiger partial charge in [-0.2, -0.15) is 0 Å². The molecule has 3 nitrogen and oxygen atoms in total. The van der Waals surface area contributed by atoms with Crippen LogP contribution < -0.4 is 0 Å². The number of hydrogen-bond acceptors (Lipinski definition) is 3. The second-order valence-electron chi connectivity index (χ2n) is 5.82. The van der Waals surface area contributed by atoms with Crippen molar-refractivity contribution < 1.29 is 15.3 Å². The van der Waals surface area contributed by atoms with Crippen molar-refractivity contribution in [3.05, 3.63) is 41.8 Å². The molecule has 0 bridgehead atoms. The standard InChI is InChI=1S/C17H21FNO2.H2/c18-15-3-1-2-4-16(15)21-12-11-19-9-7-14(8-10-19)17(20)13-5-6-13;/h3-6,14H,1-2,7-12H2;1H. The molecule has 0 atom stereocenters. The highest BCUT2D eigenvalue weighted by molar-refractivity contribution is 6.04. The molecule has 0 saturated carbocycles. The zero-order chi connectivity index (χ0) is 14.7. The molecule has 3 aliphatic rings. The number of nitrogens with zero attached hydrogens (tertiary/aromatic N) is 1. The lowest BCUT2D eigenvalue weighted by molar-refractivity contribution is -0.120. The first-order valence-corrected chi connectivity index (χ1v) is 7.74. The van der Waals surface area contributed by atoms with Gasteiger partial charge in [-0.25, -0.2) is 4.39 Å². The van der Waals surface area contributed by atoms with Crippen LogP contribution in [0.25, 0.3) is 0 Å². The number of carbonyl (C=O) groups is 1. The highest BCUT2D eigenvalue weighted by Gasteiger charge is 2.29. The summed E-state index contributed by atoms with van der Waals surface area (Å²) in [6, 6.07) is 0. The molecule has 2 aliphatic carbocycles. The first-order valence-electron chi connectivity index (χ1n) is 7.74. The van der Waals surface area contributed by atoms with E-state index >= 15 is 0 Å². The summed E-state index contributed by atoms with van der Waals surface area (Å²) >= 11 is 0. The molecule has 0 aromatic rings. The summed E-state index contributed by atoms with van der Waals surface area (Å²) < 4.78 is 19.0. The summed E-state index contributed by atoms with van der Waals surface area (Å²) in [4.78, 5) is 14.2. The summed E-state index contributed by atoms with van der Waals surface area (Å²) in [6.45, 7) is 3.14. The van der Waals surface area contributed by atoms with E-state index in [-0.39, 0.29) is 13.2 Å². The summed E-state index contributed by atoms with van der Waals surface area (Å²) in [7, 11) is 0. The Morgan fingerprint density at radius 1 is 1.33 bits per heavy atom. The van der Waals surface area contributed by atoms with Gasteiger partial charge in [0.15, 0.2) is 17.4 Å². The van der Waals surface area contributed by atoms with Crippen molar-refractivity contribution in [2.24, 2.45) is 5.92 Å². The van der Waals surface area contributed by atoms with Crippen molar-refractivity contribution >= 4 is 5.78 Å². The molecule has 1 heterocycles. The molecule has 0 N–H and O–H groups in total. The van der Waals surface area contributed by atoms with Gasteiger partial charge in [0.05, 0.1) is 0 Å². The molecular weight excluding hydrogens is 269 g/mol. The largest absolute Gasteiger partial charge is 0.490 e. The molecule has 1 radical (unpaired) electrons. The predicted octanol–water partition coefficient (Wildman–Crippen LogP) is 3.21. The Morgan fingerprint density at radius 2 is 2.05 bits per heavy atom. The summed E-state index contributed by atoms with van der Waals surface area (Å²) in [5, 5.41) is 0. The van der Waals surface area contributed by atoms with Crippen molar-refractivity contribution in [3.8, 4) is 0 Å². The minimum atomic E-state index is -0.237. The topological polar surface area (TPSA) is 29.5 Å². The Morgan fingerprint density at radius 3 is 2.71 bits per heavy atom. The maximum Gasteiger partial charge on any atom is 0.162 e. The van der Waals surface area contributed by atoms with Crippen LogP contribution in [0.4, 0.5) is 4.39 Å². The lowest BCUT2D eigenvalue weighted by Crippen LogP contribution is -2.38. The highest BCUT2D eigenvalue weighted by Crippen LogP contribution is 2.28. The van der Waals surface area contributed by atoms with Crippen LogP contribution in [0.5, 0.6) is 0 Å². The number of Topliss-reactive ketones (excluding diaryl/α,β-unsaturated/α-hetero) is 1. The summed E-state index contributed by atoms with van der Waals surface area (Å²) in [6.07, 6.45) is 10.6. The van der Waals surface area contributed by atoms with Gasteiger partial charge in [-0.1, -0.05) is 6.08 Å². The zero-order valence-electron chi connectivity index (χ0n) is 12.2. The van der Waals surface area contributed by atoms with Gasteiger partial charge in [-0.15, -0.1) is 0 Å². The van der Waals surface area contributed by atoms with E-state index in [9.17, 15) is 9.18 Å². The third kappa shape index (κ3) is 3.82. The number of ketones is 1. The van der Waals surface area contributed by atoms with Gasteiger partial charge in [0, 0.05) is 20.3 Å². The van der Waals surface area contributed by atoms with Gasteiger partial charge in [-0.3, -0.25) is 9.69 Å². The SMILES string of the molecule is O=C(C1=C[CH]1)C1CCN(CCOC2=CCCC=C2F)CC1.[HH]. The molecule has 1 aliphatic heterocycles. The normalized spacial score (nSPS) is 23.2.